The number of methoxy groups -OCH3 is 1. The van der Waals surface area contributed by atoms with Crippen molar-refractivity contribution in [1.82, 2.24) is 5.32 Å². The first kappa shape index (κ1) is 11.4. The first-order valence-corrected chi connectivity index (χ1v) is 4.33. The van der Waals surface area contributed by atoms with Gasteiger partial charge in [-0.1, -0.05) is 13.8 Å². The van der Waals surface area contributed by atoms with E-state index in [1.54, 1.807) is 14.2 Å². The van der Waals surface area contributed by atoms with Crippen LogP contribution in [-0.4, -0.2) is 26.2 Å². The van der Waals surface area contributed by atoms with E-state index in [2.05, 4.69) is 19.2 Å². The zero-order valence-corrected chi connectivity index (χ0v) is 8.39. The van der Waals surface area contributed by atoms with Gasteiger partial charge in [-0.05, 0) is 12.3 Å². The molecule has 0 saturated heterocycles. The highest BCUT2D eigenvalue weighted by atomic mass is 16.5. The molecule has 0 rings (SSSR count). The number of nitrogens with one attached hydrogen (secondary N) is 1. The van der Waals surface area contributed by atoms with Crippen LogP contribution < -0.4 is 5.32 Å². The largest absolute Gasteiger partial charge is 0.381 e. The number of ether oxygens (including phenoxy) is 1. The molecule has 0 saturated carbocycles. The van der Waals surface area contributed by atoms with Gasteiger partial charge in [0.1, 0.15) is 0 Å². The fourth-order valence-electron chi connectivity index (χ4n) is 1.10. The molecule has 0 aliphatic carbocycles. The standard InChI is InChI=1S/C9H19NO2/c1-7(2)5-8(12-4)6-9(11)10-3/h7-8H,5-6H2,1-4H3,(H,10,11). The minimum Gasteiger partial charge on any atom is -0.381 e. The molecule has 3 nitrogen and oxygen atoms in total. The summed E-state index contributed by atoms with van der Waals surface area (Å²) in [4.78, 5) is 11.0. The van der Waals surface area contributed by atoms with Crippen molar-refractivity contribution in [3.05, 3.63) is 0 Å². The van der Waals surface area contributed by atoms with Crippen LogP contribution in [0.1, 0.15) is 26.7 Å². The highest BCUT2D eigenvalue weighted by molar-refractivity contribution is 5.76. The van der Waals surface area contributed by atoms with Gasteiger partial charge in [0.2, 0.25) is 5.91 Å². The van der Waals surface area contributed by atoms with E-state index in [9.17, 15) is 4.79 Å². The van der Waals surface area contributed by atoms with Gasteiger partial charge in [-0.15, -0.1) is 0 Å². The van der Waals surface area contributed by atoms with Crippen LogP contribution in [-0.2, 0) is 9.53 Å². The van der Waals surface area contributed by atoms with Gasteiger partial charge >= 0.3 is 0 Å². The summed E-state index contributed by atoms with van der Waals surface area (Å²) in [5.74, 6) is 0.613. The molecule has 1 atom stereocenters. The summed E-state index contributed by atoms with van der Waals surface area (Å²) in [6.07, 6.45) is 1.46. The second-order valence-electron chi connectivity index (χ2n) is 3.36. The van der Waals surface area contributed by atoms with Gasteiger partial charge in [0.15, 0.2) is 0 Å². The van der Waals surface area contributed by atoms with Crippen LogP contribution in [0.2, 0.25) is 0 Å². The molecule has 0 aromatic heterocycles. The maximum absolute atomic E-state index is 11.0. The molecule has 1 amide bonds. The monoisotopic (exact) mass is 173 g/mol. The molecule has 1 N–H and O–H groups in total. The van der Waals surface area contributed by atoms with E-state index < -0.39 is 0 Å². The zero-order valence-electron chi connectivity index (χ0n) is 8.39. The van der Waals surface area contributed by atoms with Crippen molar-refractivity contribution < 1.29 is 9.53 Å². The molecule has 0 heterocycles. The number of amides is 1. The second kappa shape index (κ2) is 6.00. The lowest BCUT2D eigenvalue weighted by molar-refractivity contribution is -0.123. The van der Waals surface area contributed by atoms with Crippen molar-refractivity contribution in [2.45, 2.75) is 32.8 Å². The zero-order chi connectivity index (χ0) is 9.56. The van der Waals surface area contributed by atoms with E-state index in [4.69, 9.17) is 4.74 Å². The predicted octanol–water partition coefficient (Wildman–Crippen LogP) is 1.18. The number of carbonyl (C=O) groups excluding carboxylic acids is 1. The number of hydrogen-bond donors (Lipinski definition) is 1. The maximum Gasteiger partial charge on any atom is 0.222 e. The van der Waals surface area contributed by atoms with Crippen molar-refractivity contribution in [2.24, 2.45) is 5.92 Å². The molecule has 72 valence electrons. The van der Waals surface area contributed by atoms with Crippen LogP contribution in [0.4, 0.5) is 0 Å². The van der Waals surface area contributed by atoms with Crippen LogP contribution in [0, 0.1) is 5.92 Å². The lowest BCUT2D eigenvalue weighted by atomic mass is 10.0. The lowest BCUT2D eigenvalue weighted by Gasteiger charge is -2.16. The van der Waals surface area contributed by atoms with Gasteiger partial charge in [-0.25, -0.2) is 0 Å². The Kier molecular flexibility index (Phi) is 5.72. The lowest BCUT2D eigenvalue weighted by Crippen LogP contribution is -2.26. The molecule has 0 spiro atoms. The fourth-order valence-corrected chi connectivity index (χ4v) is 1.10. The van der Waals surface area contributed by atoms with Crippen molar-refractivity contribution in [2.75, 3.05) is 14.2 Å². The van der Waals surface area contributed by atoms with Crippen molar-refractivity contribution in [1.29, 1.82) is 0 Å². The van der Waals surface area contributed by atoms with Gasteiger partial charge in [0, 0.05) is 14.2 Å². The topological polar surface area (TPSA) is 38.3 Å². The Balaban J connectivity index is 3.74. The molecule has 0 radical (unpaired) electrons. The third-order valence-corrected chi connectivity index (χ3v) is 1.76. The van der Waals surface area contributed by atoms with E-state index in [0.717, 1.165) is 6.42 Å². The molecular weight excluding hydrogens is 154 g/mol. The quantitative estimate of drug-likeness (QED) is 0.678. The Morgan fingerprint density at radius 1 is 1.50 bits per heavy atom. The molecule has 1 unspecified atom stereocenters. The first-order chi connectivity index (χ1) is 5.60. The molecular formula is C9H19NO2. The molecule has 0 fully saturated rings. The molecule has 0 aliphatic heterocycles. The summed E-state index contributed by atoms with van der Waals surface area (Å²) in [6.45, 7) is 4.24. The Bertz CT molecular complexity index is 134. The third kappa shape index (κ3) is 5.13. The minimum atomic E-state index is 0.0440. The summed E-state index contributed by atoms with van der Waals surface area (Å²) >= 11 is 0. The Morgan fingerprint density at radius 3 is 2.42 bits per heavy atom. The molecule has 3 heteroatoms. The van der Waals surface area contributed by atoms with Gasteiger partial charge in [0.25, 0.3) is 0 Å². The van der Waals surface area contributed by atoms with E-state index in [1.807, 2.05) is 0 Å². The molecule has 0 aliphatic rings. The average Bonchev–Trinajstić information content (AvgIpc) is 2.02. The fraction of sp³-hybridized carbons (Fsp3) is 0.889. The number of hydrogen-bond acceptors (Lipinski definition) is 2. The Hall–Kier alpha value is -0.570. The van der Waals surface area contributed by atoms with E-state index in [-0.39, 0.29) is 12.0 Å². The van der Waals surface area contributed by atoms with Crippen LogP contribution in [0.3, 0.4) is 0 Å². The summed E-state index contributed by atoms with van der Waals surface area (Å²) in [5, 5.41) is 2.58. The smallest absolute Gasteiger partial charge is 0.222 e. The van der Waals surface area contributed by atoms with Crippen molar-refractivity contribution in [3.8, 4) is 0 Å². The van der Waals surface area contributed by atoms with Crippen molar-refractivity contribution in [3.63, 3.8) is 0 Å². The summed E-state index contributed by atoms with van der Waals surface area (Å²) in [7, 11) is 3.29. The average molecular weight is 173 g/mol. The van der Waals surface area contributed by atoms with Gasteiger partial charge in [0.05, 0.1) is 12.5 Å². The van der Waals surface area contributed by atoms with Crippen LogP contribution >= 0.6 is 0 Å². The van der Waals surface area contributed by atoms with Crippen LogP contribution in [0.15, 0.2) is 0 Å². The predicted molar refractivity (Wildman–Crippen MR) is 48.9 cm³/mol. The van der Waals surface area contributed by atoms with Crippen molar-refractivity contribution >= 4 is 5.91 Å². The van der Waals surface area contributed by atoms with Crippen LogP contribution in [0.25, 0.3) is 0 Å². The minimum absolute atomic E-state index is 0.0440. The highest BCUT2D eigenvalue weighted by Gasteiger charge is 2.13. The molecule has 0 aromatic rings. The van der Waals surface area contributed by atoms with E-state index in [1.165, 1.54) is 0 Å². The number of rotatable bonds is 5. The normalized spacial score (nSPS) is 13.1. The SMILES string of the molecule is CNC(=O)CC(CC(C)C)OC. The molecule has 0 aromatic carbocycles. The molecule has 12 heavy (non-hydrogen) atoms. The third-order valence-electron chi connectivity index (χ3n) is 1.76. The van der Waals surface area contributed by atoms with E-state index in [0.29, 0.717) is 12.3 Å². The van der Waals surface area contributed by atoms with Gasteiger partial charge in [-0.2, -0.15) is 0 Å². The van der Waals surface area contributed by atoms with Gasteiger partial charge < -0.3 is 10.1 Å². The highest BCUT2D eigenvalue weighted by Crippen LogP contribution is 2.10. The van der Waals surface area contributed by atoms with Gasteiger partial charge in [-0.3, -0.25) is 4.79 Å². The van der Waals surface area contributed by atoms with Crippen LogP contribution in [0.5, 0.6) is 0 Å². The Morgan fingerprint density at radius 2 is 2.08 bits per heavy atom. The molecule has 0 bridgehead atoms. The van der Waals surface area contributed by atoms with E-state index >= 15 is 0 Å². The summed E-state index contributed by atoms with van der Waals surface area (Å²) < 4.78 is 5.17. The Labute approximate surface area is 74.5 Å². The maximum atomic E-state index is 11.0. The summed E-state index contributed by atoms with van der Waals surface area (Å²) in [6, 6.07) is 0. The second-order valence-corrected chi connectivity index (χ2v) is 3.36. The first-order valence-electron chi connectivity index (χ1n) is 4.33. The summed E-state index contributed by atoms with van der Waals surface area (Å²) in [5.41, 5.74) is 0. The number of carbonyl (C=O) groups is 1.